The highest BCUT2D eigenvalue weighted by atomic mass is 16.5. The van der Waals surface area contributed by atoms with Gasteiger partial charge in [-0.15, -0.1) is 0 Å². The second-order valence-electron chi connectivity index (χ2n) is 15.6. The van der Waals surface area contributed by atoms with E-state index in [-0.39, 0.29) is 49.5 Å². The summed E-state index contributed by atoms with van der Waals surface area (Å²) in [5.41, 5.74) is 0.728. The van der Waals surface area contributed by atoms with Gasteiger partial charge in [-0.1, -0.05) is 102 Å². The molecule has 12 nitrogen and oxygen atoms in total. The van der Waals surface area contributed by atoms with Crippen molar-refractivity contribution >= 4 is 29.4 Å². The number of rotatable bonds is 21. The van der Waals surface area contributed by atoms with Crippen LogP contribution in [0.25, 0.3) is 0 Å². The average molecular weight is 736 g/mol. The van der Waals surface area contributed by atoms with Crippen molar-refractivity contribution in [3.63, 3.8) is 0 Å². The van der Waals surface area contributed by atoms with Crippen LogP contribution < -0.4 is 21.3 Å². The molecule has 292 valence electrons. The van der Waals surface area contributed by atoms with Crippen LogP contribution in [0, 0.1) is 17.3 Å². The molecule has 2 aromatic rings. The van der Waals surface area contributed by atoms with E-state index in [1.807, 2.05) is 93.3 Å². The van der Waals surface area contributed by atoms with Gasteiger partial charge in [0.05, 0.1) is 32.4 Å². The molecule has 12 heteroatoms. The van der Waals surface area contributed by atoms with E-state index >= 15 is 0 Å². The van der Waals surface area contributed by atoms with Crippen molar-refractivity contribution in [2.24, 2.45) is 17.3 Å². The summed E-state index contributed by atoms with van der Waals surface area (Å²) in [5, 5.41) is 21.5. The molecule has 0 saturated carbocycles. The third kappa shape index (κ3) is 15.0. The lowest BCUT2D eigenvalue weighted by Crippen LogP contribution is -2.59. The summed E-state index contributed by atoms with van der Waals surface area (Å²) in [4.78, 5) is 70.7. The SMILES string of the molecule is CC(C)C[C@H](NC(=O)[C@H](CCc1ccccc1)NC(=O)CN1CCOCC1)C(=O)N[C@@H](Cc1ccccc1)C(=O)N[C@@H](CC(C)C)C(=O)C(C)(C)CO. The molecule has 4 amide bonds. The predicted octanol–water partition coefficient (Wildman–Crippen LogP) is 2.81. The molecule has 0 bridgehead atoms. The van der Waals surface area contributed by atoms with Gasteiger partial charge >= 0.3 is 0 Å². The van der Waals surface area contributed by atoms with Gasteiger partial charge in [0.2, 0.25) is 23.6 Å². The monoisotopic (exact) mass is 735 g/mol. The Balaban J connectivity index is 1.84. The molecule has 0 aliphatic carbocycles. The number of Topliss-reactive ketones (excluding diaryl/α,β-unsaturated/α-hetero) is 1. The Kier molecular flexibility index (Phi) is 17.6. The fraction of sp³-hybridized carbons (Fsp3) is 0.585. The maximum Gasteiger partial charge on any atom is 0.243 e. The first-order valence-electron chi connectivity index (χ1n) is 18.9. The summed E-state index contributed by atoms with van der Waals surface area (Å²) in [6.07, 6.45) is 1.62. The minimum Gasteiger partial charge on any atom is -0.395 e. The van der Waals surface area contributed by atoms with E-state index in [1.54, 1.807) is 13.8 Å². The molecule has 2 aromatic carbocycles. The van der Waals surface area contributed by atoms with Crippen LogP contribution >= 0.6 is 0 Å². The average Bonchev–Trinajstić information content (AvgIpc) is 3.12. The molecule has 1 saturated heterocycles. The van der Waals surface area contributed by atoms with Gasteiger partial charge in [0.1, 0.15) is 18.1 Å². The number of morpholine rings is 1. The largest absolute Gasteiger partial charge is 0.395 e. The summed E-state index contributed by atoms with van der Waals surface area (Å²) in [6, 6.07) is 15.0. The van der Waals surface area contributed by atoms with Crippen LogP contribution in [0.1, 0.15) is 71.9 Å². The number of hydrogen-bond acceptors (Lipinski definition) is 8. The summed E-state index contributed by atoms with van der Waals surface area (Å²) in [6.45, 7) is 13.1. The third-order valence-electron chi connectivity index (χ3n) is 9.35. The number of aliphatic hydroxyl groups excluding tert-OH is 1. The van der Waals surface area contributed by atoms with Crippen molar-refractivity contribution in [2.45, 2.75) is 97.8 Å². The molecule has 0 aromatic heterocycles. The highest BCUT2D eigenvalue weighted by Gasteiger charge is 2.37. The quantitative estimate of drug-likeness (QED) is 0.131. The van der Waals surface area contributed by atoms with Gasteiger partial charge < -0.3 is 31.1 Å². The van der Waals surface area contributed by atoms with Crippen LogP contribution in [0.3, 0.4) is 0 Å². The van der Waals surface area contributed by atoms with Crippen LogP contribution in [0.5, 0.6) is 0 Å². The molecule has 1 fully saturated rings. The van der Waals surface area contributed by atoms with Gasteiger partial charge in [-0.05, 0) is 48.6 Å². The number of nitrogens with one attached hydrogen (secondary N) is 4. The molecule has 0 spiro atoms. The fourth-order valence-corrected chi connectivity index (χ4v) is 6.26. The van der Waals surface area contributed by atoms with Gasteiger partial charge in [0.15, 0.2) is 5.78 Å². The molecule has 0 unspecified atom stereocenters. The zero-order valence-corrected chi connectivity index (χ0v) is 32.4. The number of ether oxygens (including phenoxy) is 1. The molecular formula is C41H61N5O7. The normalized spacial score (nSPS) is 15.9. The summed E-state index contributed by atoms with van der Waals surface area (Å²) < 4.78 is 5.40. The number of benzene rings is 2. The highest BCUT2D eigenvalue weighted by molar-refractivity contribution is 5.97. The molecule has 53 heavy (non-hydrogen) atoms. The molecule has 4 atom stereocenters. The van der Waals surface area contributed by atoms with Gasteiger partial charge in [-0.3, -0.25) is 28.9 Å². The third-order valence-corrected chi connectivity index (χ3v) is 9.35. The number of hydrogen-bond donors (Lipinski definition) is 5. The van der Waals surface area contributed by atoms with E-state index in [9.17, 15) is 29.1 Å². The predicted molar refractivity (Wildman–Crippen MR) is 205 cm³/mol. The summed E-state index contributed by atoms with van der Waals surface area (Å²) in [7, 11) is 0. The lowest BCUT2D eigenvalue weighted by Gasteiger charge is -2.30. The summed E-state index contributed by atoms with van der Waals surface area (Å²) in [5.74, 6) is -2.10. The maximum absolute atomic E-state index is 14.1. The minimum absolute atomic E-state index is 0.000105. The number of nitrogens with zero attached hydrogens (tertiary/aromatic N) is 1. The highest BCUT2D eigenvalue weighted by Crippen LogP contribution is 2.21. The summed E-state index contributed by atoms with van der Waals surface area (Å²) >= 11 is 0. The number of aliphatic hydroxyl groups is 1. The molecule has 5 N–H and O–H groups in total. The Labute approximate surface area is 315 Å². The number of aryl methyl sites for hydroxylation is 1. The van der Waals surface area contributed by atoms with Crippen molar-refractivity contribution in [1.82, 2.24) is 26.2 Å². The zero-order chi connectivity index (χ0) is 39.0. The second-order valence-corrected chi connectivity index (χ2v) is 15.6. The van der Waals surface area contributed by atoms with E-state index in [4.69, 9.17) is 4.74 Å². The number of amides is 4. The van der Waals surface area contributed by atoms with Gasteiger partial charge in [-0.25, -0.2) is 0 Å². The Morgan fingerprint density at radius 1 is 0.698 bits per heavy atom. The van der Waals surface area contributed by atoms with Crippen molar-refractivity contribution in [3.05, 3.63) is 71.8 Å². The first kappa shape index (κ1) is 43.3. The molecule has 3 rings (SSSR count). The van der Waals surface area contributed by atoms with E-state index in [2.05, 4.69) is 21.3 Å². The molecule has 0 radical (unpaired) electrons. The Morgan fingerprint density at radius 3 is 1.75 bits per heavy atom. The standard InChI is InChI=1S/C41H61N5O7/c1-28(2)23-33(37(49)41(5,6)27-47)43-40(52)35(25-31-15-11-8-12-16-31)45-39(51)34(24-29(3)4)44-38(50)32(18-17-30-13-9-7-10-14-30)42-36(48)26-46-19-21-53-22-20-46/h7-16,28-29,32-35,47H,17-27H2,1-6H3,(H,42,48)(H,43,52)(H,44,50)(H,45,51)/t32-,33-,34-,35-/m0/s1. The van der Waals surface area contributed by atoms with Gasteiger partial charge in [0.25, 0.3) is 0 Å². The molecule has 1 heterocycles. The topological polar surface area (TPSA) is 166 Å². The number of carbonyl (C=O) groups is 5. The minimum atomic E-state index is -1.08. The first-order valence-corrected chi connectivity index (χ1v) is 18.9. The van der Waals surface area contributed by atoms with Crippen LogP contribution in [-0.4, -0.2) is 103 Å². The van der Waals surface area contributed by atoms with Gasteiger partial charge in [-0.2, -0.15) is 0 Å². The van der Waals surface area contributed by atoms with Crippen LogP contribution in [0.15, 0.2) is 60.7 Å². The lowest BCUT2D eigenvalue weighted by atomic mass is 9.82. The molecule has 1 aliphatic rings. The second kappa shape index (κ2) is 21.5. The lowest BCUT2D eigenvalue weighted by molar-refractivity contribution is -0.137. The molecular weight excluding hydrogens is 674 g/mol. The van der Waals surface area contributed by atoms with E-state index in [1.165, 1.54) is 0 Å². The Bertz CT molecular complexity index is 1460. The van der Waals surface area contributed by atoms with E-state index < -0.39 is 47.3 Å². The van der Waals surface area contributed by atoms with Crippen molar-refractivity contribution in [2.75, 3.05) is 39.5 Å². The number of carbonyl (C=O) groups excluding carboxylic acids is 5. The first-order chi connectivity index (χ1) is 25.2. The molecule has 1 aliphatic heterocycles. The van der Waals surface area contributed by atoms with Crippen molar-refractivity contribution < 1.29 is 33.8 Å². The van der Waals surface area contributed by atoms with Crippen LogP contribution in [0.4, 0.5) is 0 Å². The maximum atomic E-state index is 14.1. The smallest absolute Gasteiger partial charge is 0.243 e. The van der Waals surface area contributed by atoms with Crippen molar-refractivity contribution in [3.8, 4) is 0 Å². The van der Waals surface area contributed by atoms with Crippen LogP contribution in [-0.2, 0) is 41.6 Å². The number of ketones is 1. The Morgan fingerprint density at radius 2 is 1.19 bits per heavy atom. The van der Waals surface area contributed by atoms with Crippen LogP contribution in [0.2, 0.25) is 0 Å². The van der Waals surface area contributed by atoms with Crippen molar-refractivity contribution in [1.29, 1.82) is 0 Å². The Hall–Kier alpha value is -4.13. The fourth-order valence-electron chi connectivity index (χ4n) is 6.26. The van der Waals surface area contributed by atoms with E-state index in [0.29, 0.717) is 45.6 Å². The van der Waals surface area contributed by atoms with E-state index in [0.717, 1.165) is 11.1 Å². The van der Waals surface area contributed by atoms with Gasteiger partial charge in [0, 0.05) is 24.9 Å². The zero-order valence-electron chi connectivity index (χ0n) is 32.4.